The van der Waals surface area contributed by atoms with Crippen LogP contribution in [0.2, 0.25) is 0 Å². The summed E-state index contributed by atoms with van der Waals surface area (Å²) in [6.45, 7) is 3.32. The maximum Gasteiger partial charge on any atom is 0.303 e. The molecule has 0 radical (unpaired) electrons. The number of hydrogen-bond acceptors (Lipinski definition) is 4. The van der Waals surface area contributed by atoms with Crippen LogP contribution < -0.4 is 10.6 Å². The van der Waals surface area contributed by atoms with Crippen molar-refractivity contribution in [2.75, 3.05) is 13.1 Å². The average Bonchev–Trinajstić information content (AvgIpc) is 3.30. The van der Waals surface area contributed by atoms with Gasteiger partial charge in [0.15, 0.2) is 0 Å². The van der Waals surface area contributed by atoms with E-state index in [1.807, 2.05) is 0 Å². The Balaban J connectivity index is 1.67. The highest BCUT2D eigenvalue weighted by molar-refractivity contribution is 5.96. The zero-order valence-corrected chi connectivity index (χ0v) is 18.2. The van der Waals surface area contributed by atoms with E-state index in [2.05, 4.69) is 29.7 Å². The molecular formula is C23H38N2O5. The minimum atomic E-state index is -0.758. The van der Waals surface area contributed by atoms with Gasteiger partial charge in [0.05, 0.1) is 12.2 Å². The summed E-state index contributed by atoms with van der Waals surface area (Å²) in [4.78, 5) is 34.6. The number of carbonyl (C=O) groups is 3. The Morgan fingerprint density at radius 3 is 2.43 bits per heavy atom. The Kier molecular flexibility index (Phi) is 10.9. The summed E-state index contributed by atoms with van der Waals surface area (Å²) in [7, 11) is 0. The van der Waals surface area contributed by atoms with Crippen molar-refractivity contribution in [2.24, 2.45) is 11.8 Å². The lowest BCUT2D eigenvalue weighted by atomic mass is 9.77. The second-order valence-electron chi connectivity index (χ2n) is 8.50. The predicted octanol–water partition coefficient (Wildman–Crippen LogP) is 3.18. The third-order valence-electron chi connectivity index (χ3n) is 6.14. The Labute approximate surface area is 180 Å². The molecule has 0 unspecified atom stereocenters. The Morgan fingerprint density at radius 2 is 1.70 bits per heavy atom. The number of rotatable bonds is 15. The predicted molar refractivity (Wildman–Crippen MR) is 115 cm³/mol. The second kappa shape index (κ2) is 13.4. The van der Waals surface area contributed by atoms with E-state index in [-0.39, 0.29) is 42.8 Å². The summed E-state index contributed by atoms with van der Waals surface area (Å²) in [5.41, 5.74) is 0. The topological polar surface area (TPSA) is 105 Å². The highest BCUT2D eigenvalue weighted by atomic mass is 16.5. The average molecular weight is 423 g/mol. The molecule has 0 aromatic carbocycles. The second-order valence-corrected chi connectivity index (χ2v) is 8.50. The van der Waals surface area contributed by atoms with Crippen LogP contribution in [-0.4, -0.2) is 48.2 Å². The van der Waals surface area contributed by atoms with Gasteiger partial charge in [-0.1, -0.05) is 38.3 Å². The summed E-state index contributed by atoms with van der Waals surface area (Å²) < 4.78 is 6.06. The monoisotopic (exact) mass is 422 g/mol. The van der Waals surface area contributed by atoms with Gasteiger partial charge in [0.1, 0.15) is 6.42 Å². The highest BCUT2D eigenvalue weighted by Crippen LogP contribution is 2.44. The number of allylic oxidation sites excluding steroid dienone is 2. The molecule has 0 spiro atoms. The summed E-state index contributed by atoms with van der Waals surface area (Å²) in [6.07, 6.45) is 13.5. The van der Waals surface area contributed by atoms with Gasteiger partial charge >= 0.3 is 5.97 Å². The molecule has 7 heteroatoms. The SMILES string of the molecule is CCCCCCNC(=O)CC(=O)NC[C@H]1[C@@H](C/C=C\CCCC(=O)O)[C@H]2CC[C@H]1O2. The summed E-state index contributed by atoms with van der Waals surface area (Å²) in [5.74, 6) is -0.563. The molecule has 0 saturated carbocycles. The lowest BCUT2D eigenvalue weighted by Gasteiger charge is -2.27. The lowest BCUT2D eigenvalue weighted by molar-refractivity contribution is -0.137. The first kappa shape index (κ1) is 24.4. The zero-order chi connectivity index (χ0) is 21.8. The van der Waals surface area contributed by atoms with Gasteiger partial charge in [0, 0.05) is 25.4 Å². The van der Waals surface area contributed by atoms with Crippen molar-refractivity contribution < 1.29 is 24.2 Å². The molecule has 0 aromatic rings. The first-order valence-corrected chi connectivity index (χ1v) is 11.6. The van der Waals surface area contributed by atoms with E-state index in [4.69, 9.17) is 9.84 Å². The molecule has 2 saturated heterocycles. The number of carboxylic acids is 1. The molecular weight excluding hydrogens is 384 g/mol. The van der Waals surface area contributed by atoms with Crippen molar-refractivity contribution >= 4 is 17.8 Å². The molecule has 4 atom stereocenters. The van der Waals surface area contributed by atoms with E-state index in [0.29, 0.717) is 25.4 Å². The largest absolute Gasteiger partial charge is 0.481 e. The van der Waals surface area contributed by atoms with Crippen LogP contribution in [0.15, 0.2) is 12.2 Å². The number of hydrogen-bond donors (Lipinski definition) is 3. The Morgan fingerprint density at radius 1 is 0.967 bits per heavy atom. The molecule has 2 amide bonds. The van der Waals surface area contributed by atoms with Crippen molar-refractivity contribution in [1.82, 2.24) is 10.6 Å². The van der Waals surface area contributed by atoms with Crippen LogP contribution in [0.1, 0.15) is 77.6 Å². The van der Waals surface area contributed by atoms with Crippen LogP contribution in [-0.2, 0) is 19.1 Å². The Bertz CT molecular complexity index is 592. The number of fused-ring (bicyclic) bond motifs is 2. The van der Waals surface area contributed by atoms with Crippen LogP contribution >= 0.6 is 0 Å². The molecule has 2 rings (SSSR count). The van der Waals surface area contributed by atoms with E-state index in [9.17, 15) is 14.4 Å². The minimum absolute atomic E-state index is 0.121. The first-order chi connectivity index (χ1) is 14.5. The summed E-state index contributed by atoms with van der Waals surface area (Å²) in [6, 6.07) is 0. The van der Waals surface area contributed by atoms with Gasteiger partial charge in [-0.05, 0) is 44.4 Å². The van der Waals surface area contributed by atoms with Gasteiger partial charge in [-0.3, -0.25) is 14.4 Å². The standard InChI is InChI=1S/C23H38N2O5/c1-2-3-4-9-14-24-21(26)15-22(27)25-16-18-17(19-12-13-20(18)30-19)10-7-5-6-8-11-23(28)29/h5,7,17-20H,2-4,6,8-16H2,1H3,(H,24,26)(H,25,27)(H,28,29)/b7-5-/t17-,18+,19-,20-/m1/s1. The molecule has 0 aromatic heterocycles. The van der Waals surface area contributed by atoms with Gasteiger partial charge in [0.25, 0.3) is 0 Å². The van der Waals surface area contributed by atoms with E-state index in [1.165, 1.54) is 6.42 Å². The molecule has 0 aliphatic carbocycles. The third kappa shape index (κ3) is 8.46. The molecule has 2 bridgehead atoms. The quantitative estimate of drug-likeness (QED) is 0.214. The smallest absolute Gasteiger partial charge is 0.303 e. The number of nitrogens with one attached hydrogen (secondary N) is 2. The lowest BCUT2D eigenvalue weighted by Crippen LogP contribution is -2.39. The van der Waals surface area contributed by atoms with Crippen molar-refractivity contribution in [1.29, 1.82) is 0 Å². The molecule has 3 N–H and O–H groups in total. The molecule has 30 heavy (non-hydrogen) atoms. The number of carboxylic acid groups (broad SMARTS) is 1. The molecule has 170 valence electrons. The molecule has 2 heterocycles. The third-order valence-corrected chi connectivity index (χ3v) is 6.14. The molecule has 2 fully saturated rings. The van der Waals surface area contributed by atoms with Crippen molar-refractivity contribution in [3.05, 3.63) is 12.2 Å². The van der Waals surface area contributed by atoms with Crippen molar-refractivity contribution in [2.45, 2.75) is 89.8 Å². The maximum atomic E-state index is 12.2. The maximum absolute atomic E-state index is 12.2. The first-order valence-electron chi connectivity index (χ1n) is 11.6. The van der Waals surface area contributed by atoms with E-state index in [1.54, 1.807) is 0 Å². The van der Waals surface area contributed by atoms with E-state index < -0.39 is 5.97 Å². The van der Waals surface area contributed by atoms with Crippen LogP contribution in [0.3, 0.4) is 0 Å². The van der Waals surface area contributed by atoms with E-state index in [0.717, 1.165) is 44.9 Å². The fraction of sp³-hybridized carbons (Fsp3) is 0.783. The van der Waals surface area contributed by atoms with Crippen LogP contribution in [0.5, 0.6) is 0 Å². The van der Waals surface area contributed by atoms with Gasteiger partial charge in [0.2, 0.25) is 11.8 Å². The summed E-state index contributed by atoms with van der Waals surface area (Å²) >= 11 is 0. The Hall–Kier alpha value is -1.89. The summed E-state index contributed by atoms with van der Waals surface area (Å²) in [5, 5.41) is 14.4. The number of aliphatic carboxylic acids is 1. The fourth-order valence-electron chi connectivity index (χ4n) is 4.50. The molecule has 2 aliphatic rings. The van der Waals surface area contributed by atoms with Gasteiger partial charge in [-0.25, -0.2) is 0 Å². The fourth-order valence-corrected chi connectivity index (χ4v) is 4.50. The van der Waals surface area contributed by atoms with Gasteiger partial charge in [-0.15, -0.1) is 0 Å². The van der Waals surface area contributed by atoms with Crippen LogP contribution in [0.25, 0.3) is 0 Å². The van der Waals surface area contributed by atoms with Crippen LogP contribution in [0.4, 0.5) is 0 Å². The van der Waals surface area contributed by atoms with Crippen LogP contribution in [0, 0.1) is 11.8 Å². The highest BCUT2D eigenvalue weighted by Gasteiger charge is 2.47. The van der Waals surface area contributed by atoms with Gasteiger partial charge in [-0.2, -0.15) is 0 Å². The number of carbonyl (C=O) groups excluding carboxylic acids is 2. The number of amides is 2. The van der Waals surface area contributed by atoms with E-state index >= 15 is 0 Å². The number of ether oxygens (including phenoxy) is 1. The van der Waals surface area contributed by atoms with Crippen molar-refractivity contribution in [3.8, 4) is 0 Å². The van der Waals surface area contributed by atoms with Crippen molar-refractivity contribution in [3.63, 3.8) is 0 Å². The normalized spacial score (nSPS) is 25.0. The number of unbranched alkanes of at least 4 members (excludes halogenated alkanes) is 4. The zero-order valence-electron chi connectivity index (χ0n) is 18.2. The minimum Gasteiger partial charge on any atom is -0.481 e. The van der Waals surface area contributed by atoms with Gasteiger partial charge < -0.3 is 20.5 Å². The molecule has 7 nitrogen and oxygen atoms in total. The molecule has 2 aliphatic heterocycles.